The quantitative estimate of drug-likeness (QED) is 0.523. The summed E-state index contributed by atoms with van der Waals surface area (Å²) in [7, 11) is -3.74. The highest BCUT2D eigenvalue weighted by molar-refractivity contribution is 7.91. The number of amides is 2. The summed E-state index contributed by atoms with van der Waals surface area (Å²) in [6.07, 6.45) is 1.42. The van der Waals surface area contributed by atoms with Crippen molar-refractivity contribution in [1.82, 2.24) is 10.3 Å². The fourth-order valence-electron chi connectivity index (χ4n) is 2.03. The van der Waals surface area contributed by atoms with Gasteiger partial charge in [-0.2, -0.15) is 0 Å². The highest BCUT2D eigenvalue weighted by Crippen LogP contribution is 2.20. The van der Waals surface area contributed by atoms with Crippen LogP contribution in [-0.4, -0.2) is 25.2 Å². The molecule has 0 spiro atoms. The van der Waals surface area contributed by atoms with E-state index in [9.17, 15) is 18.0 Å². The minimum absolute atomic E-state index is 0.0283. The highest BCUT2D eigenvalue weighted by atomic mass is 32.2. The van der Waals surface area contributed by atoms with Crippen molar-refractivity contribution < 1.29 is 22.4 Å². The summed E-state index contributed by atoms with van der Waals surface area (Å²) in [5.41, 5.74) is 0.503. The van der Waals surface area contributed by atoms with Gasteiger partial charge in [0.05, 0.1) is 24.9 Å². The molecule has 0 unspecified atom stereocenters. The van der Waals surface area contributed by atoms with E-state index in [0.29, 0.717) is 15.7 Å². The molecule has 0 saturated heterocycles. The van der Waals surface area contributed by atoms with E-state index in [1.807, 2.05) is 0 Å². The Morgan fingerprint density at radius 3 is 2.74 bits per heavy atom. The Bertz CT molecular complexity index is 1050. The molecule has 4 N–H and O–H groups in total. The number of nitrogens with two attached hydrogens (primary N) is 1. The van der Waals surface area contributed by atoms with Gasteiger partial charge in [0, 0.05) is 10.3 Å². The lowest BCUT2D eigenvalue weighted by atomic mass is 10.3. The number of furan rings is 1. The number of hydrogen-bond donors (Lipinski definition) is 3. The molecule has 142 valence electrons. The molecule has 0 fully saturated rings. The molecular formula is C15H14N4O5S3. The molecule has 0 aliphatic rings. The predicted octanol–water partition coefficient (Wildman–Crippen LogP) is 1.56. The summed E-state index contributed by atoms with van der Waals surface area (Å²) < 4.78 is 27.5. The molecule has 0 atom stereocenters. The number of primary sulfonamides is 1. The average Bonchev–Trinajstić information content (AvgIpc) is 3.34. The normalized spacial score (nSPS) is 11.3. The summed E-state index contributed by atoms with van der Waals surface area (Å²) in [4.78, 5) is 28.7. The molecule has 12 heteroatoms. The first-order chi connectivity index (χ1) is 12.8. The zero-order valence-corrected chi connectivity index (χ0v) is 16.1. The van der Waals surface area contributed by atoms with Crippen molar-refractivity contribution in [1.29, 1.82) is 0 Å². The molecule has 3 heterocycles. The van der Waals surface area contributed by atoms with Crippen molar-refractivity contribution in [3.05, 3.63) is 52.2 Å². The number of anilines is 1. The van der Waals surface area contributed by atoms with E-state index in [1.54, 1.807) is 17.5 Å². The largest absolute Gasteiger partial charge is 0.459 e. The topological polar surface area (TPSA) is 144 Å². The van der Waals surface area contributed by atoms with Gasteiger partial charge in [-0.3, -0.25) is 14.9 Å². The van der Waals surface area contributed by atoms with Gasteiger partial charge in [-0.1, -0.05) is 0 Å². The Balaban J connectivity index is 1.50. The zero-order chi connectivity index (χ0) is 19.4. The number of hydrogen-bond acceptors (Lipinski definition) is 8. The third-order valence-electron chi connectivity index (χ3n) is 3.24. The van der Waals surface area contributed by atoms with Crippen molar-refractivity contribution in [2.45, 2.75) is 17.2 Å². The average molecular weight is 427 g/mol. The molecule has 3 aromatic heterocycles. The first-order valence-electron chi connectivity index (χ1n) is 7.49. The van der Waals surface area contributed by atoms with Crippen LogP contribution in [0.5, 0.6) is 0 Å². The van der Waals surface area contributed by atoms with E-state index in [1.165, 1.54) is 29.7 Å². The maximum absolute atomic E-state index is 12.0. The summed E-state index contributed by atoms with van der Waals surface area (Å²) >= 11 is 2.19. The lowest BCUT2D eigenvalue weighted by Crippen LogP contribution is -2.24. The van der Waals surface area contributed by atoms with Gasteiger partial charge in [-0.25, -0.2) is 18.5 Å². The minimum Gasteiger partial charge on any atom is -0.459 e. The number of nitrogens with one attached hydrogen (secondary N) is 2. The smallest absolute Gasteiger partial charge is 0.293 e. The van der Waals surface area contributed by atoms with E-state index in [0.717, 1.165) is 11.3 Å². The number of nitrogens with zero attached hydrogens (tertiary/aromatic N) is 1. The number of thiophene rings is 1. The molecule has 9 nitrogen and oxygen atoms in total. The molecule has 2 amide bonds. The van der Waals surface area contributed by atoms with Crippen molar-refractivity contribution in [2.75, 3.05) is 5.32 Å². The second-order valence-corrected chi connectivity index (χ2v) is 9.11. The van der Waals surface area contributed by atoms with Crippen molar-refractivity contribution in [3.63, 3.8) is 0 Å². The van der Waals surface area contributed by atoms with E-state index < -0.39 is 15.9 Å². The summed E-state index contributed by atoms with van der Waals surface area (Å²) in [6, 6.07) is 6.13. The van der Waals surface area contributed by atoms with Gasteiger partial charge < -0.3 is 9.73 Å². The summed E-state index contributed by atoms with van der Waals surface area (Å²) in [6.45, 7) is 0.186. The van der Waals surface area contributed by atoms with Crippen molar-refractivity contribution in [2.24, 2.45) is 5.14 Å². The molecule has 0 aliphatic heterocycles. The van der Waals surface area contributed by atoms with Gasteiger partial charge >= 0.3 is 0 Å². The Morgan fingerprint density at radius 2 is 2.07 bits per heavy atom. The van der Waals surface area contributed by atoms with Crippen LogP contribution in [0.4, 0.5) is 5.13 Å². The zero-order valence-electron chi connectivity index (χ0n) is 13.7. The van der Waals surface area contributed by atoms with Gasteiger partial charge in [0.15, 0.2) is 10.9 Å². The molecule has 0 aliphatic carbocycles. The maximum Gasteiger partial charge on any atom is 0.293 e. The first kappa shape index (κ1) is 19.2. The third kappa shape index (κ3) is 5.23. The van der Waals surface area contributed by atoms with Crippen LogP contribution in [0.2, 0.25) is 0 Å². The van der Waals surface area contributed by atoms with Gasteiger partial charge in [-0.15, -0.1) is 22.7 Å². The molecule has 0 radical (unpaired) electrons. The van der Waals surface area contributed by atoms with Crippen LogP contribution in [0.1, 0.15) is 21.1 Å². The third-order valence-corrected chi connectivity index (χ3v) is 6.57. The van der Waals surface area contributed by atoms with Crippen molar-refractivity contribution in [3.8, 4) is 0 Å². The molecule has 0 aromatic carbocycles. The number of thiazole rings is 1. The number of sulfonamides is 1. The molecule has 3 rings (SSSR count). The second-order valence-electron chi connectivity index (χ2n) is 5.29. The fourth-order valence-corrected chi connectivity index (χ4v) is 4.45. The van der Waals surface area contributed by atoms with Crippen LogP contribution in [0.3, 0.4) is 0 Å². The van der Waals surface area contributed by atoms with E-state index >= 15 is 0 Å². The summed E-state index contributed by atoms with van der Waals surface area (Å²) in [5, 5.41) is 12.3. The van der Waals surface area contributed by atoms with Crippen molar-refractivity contribution >= 4 is 49.6 Å². The predicted molar refractivity (Wildman–Crippen MR) is 100 cm³/mol. The molecule has 0 saturated carbocycles. The van der Waals surface area contributed by atoms with Gasteiger partial charge in [0.2, 0.25) is 15.9 Å². The SMILES string of the molecule is NS(=O)(=O)c1ccc(CNC(=O)Cc2csc(NC(=O)c3ccco3)n2)s1. The monoisotopic (exact) mass is 426 g/mol. The molecule has 27 heavy (non-hydrogen) atoms. The number of carbonyl (C=O) groups excluding carboxylic acids is 2. The Labute approximate surface area is 162 Å². The number of carbonyl (C=O) groups is 2. The van der Waals surface area contributed by atoms with E-state index in [4.69, 9.17) is 9.56 Å². The van der Waals surface area contributed by atoms with Gasteiger partial charge in [-0.05, 0) is 24.3 Å². The van der Waals surface area contributed by atoms with E-state index in [-0.39, 0.29) is 28.8 Å². The number of aromatic nitrogens is 1. The highest BCUT2D eigenvalue weighted by Gasteiger charge is 2.14. The minimum atomic E-state index is -3.74. The number of rotatable bonds is 7. The van der Waals surface area contributed by atoms with Gasteiger partial charge in [0.1, 0.15) is 4.21 Å². The molecular weight excluding hydrogens is 412 g/mol. The second kappa shape index (κ2) is 8.00. The van der Waals surface area contributed by atoms with Gasteiger partial charge in [0.25, 0.3) is 5.91 Å². The molecule has 0 bridgehead atoms. The van der Waals surface area contributed by atoms with Crippen LogP contribution in [0.25, 0.3) is 0 Å². The van der Waals surface area contributed by atoms with E-state index in [2.05, 4.69) is 15.6 Å². The van der Waals surface area contributed by atoms with Crippen LogP contribution < -0.4 is 15.8 Å². The first-order valence-corrected chi connectivity index (χ1v) is 10.7. The lowest BCUT2D eigenvalue weighted by Gasteiger charge is -2.02. The van der Waals surface area contributed by atoms with Crippen LogP contribution in [0.15, 0.2) is 44.5 Å². The Morgan fingerprint density at radius 1 is 1.26 bits per heavy atom. The molecule has 3 aromatic rings. The van der Waals surface area contributed by atoms with Crippen LogP contribution in [-0.2, 0) is 27.8 Å². The van der Waals surface area contributed by atoms with Crippen LogP contribution in [0, 0.1) is 0 Å². The fraction of sp³-hybridized carbons (Fsp3) is 0.133. The summed E-state index contributed by atoms with van der Waals surface area (Å²) in [5.74, 6) is -0.539. The maximum atomic E-state index is 12.0. The standard InChI is InChI=1S/C15H14N4O5S3/c16-27(22,23)13-4-3-10(26-13)7-17-12(20)6-9-8-25-15(18-9)19-14(21)11-2-1-5-24-11/h1-5,8H,6-7H2,(H,17,20)(H2,16,22,23)(H,18,19,21). The lowest BCUT2D eigenvalue weighted by molar-refractivity contribution is -0.120. The Kier molecular flexibility index (Phi) is 5.70. The Hall–Kier alpha value is -2.54. The van der Waals surface area contributed by atoms with Crippen LogP contribution >= 0.6 is 22.7 Å².